The number of benzene rings is 2. The Bertz CT molecular complexity index is 898. The van der Waals surface area contributed by atoms with E-state index in [0.29, 0.717) is 12.2 Å². The number of ether oxygens (including phenoxy) is 1. The molecule has 0 aliphatic carbocycles. The number of aliphatic imine (C=N–C) groups is 1. The summed E-state index contributed by atoms with van der Waals surface area (Å²) >= 11 is 1.48. The second-order valence-corrected chi connectivity index (χ2v) is 7.19. The Morgan fingerprint density at radius 1 is 1.11 bits per heavy atom. The summed E-state index contributed by atoms with van der Waals surface area (Å²) in [5.74, 6) is -0.350. The first kappa shape index (κ1) is 19.0. The lowest BCUT2D eigenvalue weighted by molar-refractivity contribution is -0.138. The molecule has 1 aliphatic heterocycles. The molecule has 0 fully saturated rings. The summed E-state index contributed by atoms with van der Waals surface area (Å²) in [4.78, 5) is 19.7. The summed E-state index contributed by atoms with van der Waals surface area (Å²) in [6.07, 6.45) is 3.61. The van der Waals surface area contributed by atoms with E-state index in [-0.39, 0.29) is 5.97 Å². The van der Waals surface area contributed by atoms with Crippen LogP contribution in [0.5, 0.6) is 0 Å². The van der Waals surface area contributed by atoms with E-state index in [1.54, 1.807) is 13.1 Å². The Kier molecular flexibility index (Phi) is 6.14. The van der Waals surface area contributed by atoms with Gasteiger partial charge in [-0.25, -0.2) is 9.79 Å². The standard InChI is InChI=1S/C22H22N2O2S/c1-4-26-22(25)19-15-23-21(17-8-6-5-7-9-17)27-20(19)14-16-10-12-18(13-11-16)24(2)3/h5-15H,4H2,1-3H3/b20-14-. The quantitative estimate of drug-likeness (QED) is 0.705. The zero-order chi connectivity index (χ0) is 19.2. The van der Waals surface area contributed by atoms with Crippen LogP contribution in [0.1, 0.15) is 18.1 Å². The summed E-state index contributed by atoms with van der Waals surface area (Å²) in [6.45, 7) is 2.14. The summed E-state index contributed by atoms with van der Waals surface area (Å²) < 4.78 is 5.20. The number of nitrogens with zero attached hydrogens (tertiary/aromatic N) is 2. The fourth-order valence-electron chi connectivity index (χ4n) is 2.58. The maximum Gasteiger partial charge on any atom is 0.340 e. The minimum atomic E-state index is -0.350. The van der Waals surface area contributed by atoms with Gasteiger partial charge in [-0.05, 0) is 30.7 Å². The maximum absolute atomic E-state index is 12.4. The van der Waals surface area contributed by atoms with Gasteiger partial charge in [0, 0.05) is 36.5 Å². The molecule has 0 N–H and O–H groups in total. The van der Waals surface area contributed by atoms with Crippen molar-refractivity contribution >= 4 is 34.5 Å². The summed E-state index contributed by atoms with van der Waals surface area (Å²) in [5, 5.41) is 0.861. The number of carbonyl (C=O) groups is 1. The van der Waals surface area contributed by atoms with Gasteiger partial charge >= 0.3 is 5.97 Å². The number of esters is 1. The number of rotatable bonds is 5. The molecule has 0 aromatic heterocycles. The van der Waals surface area contributed by atoms with Crippen LogP contribution in [0.3, 0.4) is 0 Å². The van der Waals surface area contributed by atoms with Gasteiger partial charge in [0.1, 0.15) is 5.04 Å². The van der Waals surface area contributed by atoms with Gasteiger partial charge < -0.3 is 9.64 Å². The Labute approximate surface area is 164 Å². The summed E-state index contributed by atoms with van der Waals surface area (Å²) in [5.41, 5.74) is 3.66. The van der Waals surface area contributed by atoms with E-state index in [4.69, 9.17) is 4.74 Å². The van der Waals surface area contributed by atoms with Crippen LogP contribution >= 0.6 is 11.8 Å². The molecule has 0 atom stereocenters. The van der Waals surface area contributed by atoms with Gasteiger partial charge in [0.15, 0.2) is 0 Å². The topological polar surface area (TPSA) is 41.9 Å². The molecule has 2 aromatic rings. The van der Waals surface area contributed by atoms with Crippen LogP contribution in [0.4, 0.5) is 5.69 Å². The van der Waals surface area contributed by atoms with E-state index in [9.17, 15) is 4.79 Å². The fraction of sp³-hybridized carbons (Fsp3) is 0.182. The second kappa shape index (κ2) is 8.73. The van der Waals surface area contributed by atoms with Gasteiger partial charge in [0.05, 0.1) is 12.2 Å². The molecule has 0 radical (unpaired) electrons. The summed E-state index contributed by atoms with van der Waals surface area (Å²) in [7, 11) is 4.02. The minimum Gasteiger partial charge on any atom is -0.462 e. The zero-order valence-electron chi connectivity index (χ0n) is 15.7. The van der Waals surface area contributed by atoms with Crippen LogP contribution in [0.25, 0.3) is 6.08 Å². The van der Waals surface area contributed by atoms with Crippen LogP contribution in [0, 0.1) is 0 Å². The van der Waals surface area contributed by atoms with Crippen LogP contribution in [0.15, 0.2) is 76.3 Å². The largest absolute Gasteiger partial charge is 0.462 e. The van der Waals surface area contributed by atoms with E-state index in [2.05, 4.69) is 22.0 Å². The average Bonchev–Trinajstić information content (AvgIpc) is 2.69. The number of thioether (sulfide) groups is 1. The molecule has 0 spiro atoms. The third-order valence-corrected chi connectivity index (χ3v) is 5.10. The van der Waals surface area contributed by atoms with Crippen molar-refractivity contribution in [3.8, 4) is 0 Å². The van der Waals surface area contributed by atoms with Crippen molar-refractivity contribution in [3.63, 3.8) is 0 Å². The molecule has 2 aromatic carbocycles. The highest BCUT2D eigenvalue weighted by atomic mass is 32.2. The predicted molar refractivity (Wildman–Crippen MR) is 114 cm³/mol. The molecular formula is C22H22N2O2S. The van der Waals surface area contributed by atoms with Crippen molar-refractivity contribution in [1.29, 1.82) is 0 Å². The van der Waals surface area contributed by atoms with Crippen molar-refractivity contribution in [2.45, 2.75) is 6.92 Å². The lowest BCUT2D eigenvalue weighted by Crippen LogP contribution is -2.12. The monoisotopic (exact) mass is 378 g/mol. The van der Waals surface area contributed by atoms with Crippen molar-refractivity contribution < 1.29 is 9.53 Å². The van der Waals surface area contributed by atoms with Gasteiger partial charge in [-0.2, -0.15) is 0 Å². The van der Waals surface area contributed by atoms with Crippen molar-refractivity contribution in [2.24, 2.45) is 4.99 Å². The molecule has 5 heteroatoms. The Morgan fingerprint density at radius 3 is 2.44 bits per heavy atom. The third kappa shape index (κ3) is 4.68. The maximum atomic E-state index is 12.4. The zero-order valence-corrected chi connectivity index (χ0v) is 16.5. The fourth-order valence-corrected chi connectivity index (χ4v) is 3.58. The van der Waals surface area contributed by atoms with Crippen molar-refractivity contribution in [2.75, 3.05) is 25.6 Å². The molecule has 27 heavy (non-hydrogen) atoms. The van der Waals surface area contributed by atoms with E-state index in [1.807, 2.05) is 62.6 Å². The first-order valence-corrected chi connectivity index (χ1v) is 9.58. The Morgan fingerprint density at radius 2 is 1.81 bits per heavy atom. The van der Waals surface area contributed by atoms with Gasteiger partial charge in [-0.1, -0.05) is 54.2 Å². The lowest BCUT2D eigenvalue weighted by atomic mass is 10.1. The predicted octanol–water partition coefficient (Wildman–Crippen LogP) is 4.73. The first-order chi connectivity index (χ1) is 13.1. The molecule has 0 amide bonds. The van der Waals surface area contributed by atoms with E-state index in [0.717, 1.165) is 26.8 Å². The van der Waals surface area contributed by atoms with Crippen LogP contribution < -0.4 is 4.90 Å². The second-order valence-electron chi connectivity index (χ2n) is 6.16. The number of hydrogen-bond donors (Lipinski definition) is 0. The van der Waals surface area contributed by atoms with Gasteiger partial charge in [0.2, 0.25) is 0 Å². The van der Waals surface area contributed by atoms with Gasteiger partial charge in [0.25, 0.3) is 0 Å². The number of anilines is 1. The molecule has 4 nitrogen and oxygen atoms in total. The summed E-state index contributed by atoms with van der Waals surface area (Å²) in [6, 6.07) is 18.1. The van der Waals surface area contributed by atoms with Crippen LogP contribution in [-0.4, -0.2) is 31.7 Å². The van der Waals surface area contributed by atoms with Crippen LogP contribution in [0.2, 0.25) is 0 Å². The van der Waals surface area contributed by atoms with Gasteiger partial charge in [-0.15, -0.1) is 0 Å². The van der Waals surface area contributed by atoms with Crippen LogP contribution in [-0.2, 0) is 9.53 Å². The smallest absolute Gasteiger partial charge is 0.340 e. The molecule has 1 heterocycles. The molecule has 0 unspecified atom stereocenters. The molecule has 1 aliphatic rings. The minimum absolute atomic E-state index is 0.334. The third-order valence-electron chi connectivity index (χ3n) is 4.01. The average molecular weight is 378 g/mol. The number of hydrogen-bond acceptors (Lipinski definition) is 5. The first-order valence-electron chi connectivity index (χ1n) is 8.76. The number of carbonyl (C=O) groups excluding carboxylic acids is 1. The highest BCUT2D eigenvalue weighted by Gasteiger charge is 2.22. The normalized spacial score (nSPS) is 15.1. The molecule has 0 bridgehead atoms. The molecule has 138 valence electrons. The molecule has 0 saturated heterocycles. The van der Waals surface area contributed by atoms with Crippen molar-refractivity contribution in [3.05, 3.63) is 82.4 Å². The Hall–Kier alpha value is -2.79. The lowest BCUT2D eigenvalue weighted by Gasteiger charge is -2.17. The van der Waals surface area contributed by atoms with Gasteiger partial charge in [-0.3, -0.25) is 0 Å². The molecule has 3 rings (SSSR count). The van der Waals surface area contributed by atoms with E-state index < -0.39 is 0 Å². The van der Waals surface area contributed by atoms with Crippen molar-refractivity contribution in [1.82, 2.24) is 0 Å². The van der Waals surface area contributed by atoms with E-state index >= 15 is 0 Å². The Balaban J connectivity index is 1.96. The van der Waals surface area contributed by atoms with E-state index in [1.165, 1.54) is 11.8 Å². The highest BCUT2D eigenvalue weighted by Crippen LogP contribution is 2.35. The molecular weight excluding hydrogens is 356 g/mol. The highest BCUT2D eigenvalue weighted by molar-refractivity contribution is 8.18. The molecule has 0 saturated carbocycles. The SMILES string of the molecule is CCOC(=O)C1=CN=C(c2ccccc2)S/C1=C\c1ccc(N(C)C)cc1.